The molecule has 0 spiro atoms. The molecule has 6 nitrogen and oxygen atoms in total. The van der Waals surface area contributed by atoms with Gasteiger partial charge in [0.1, 0.15) is 0 Å². The van der Waals surface area contributed by atoms with E-state index in [0.717, 1.165) is 25.5 Å². The van der Waals surface area contributed by atoms with E-state index in [-0.39, 0.29) is 42.2 Å². The summed E-state index contributed by atoms with van der Waals surface area (Å²) in [6, 6.07) is -0.0835. The molecule has 3 atom stereocenters. The van der Waals surface area contributed by atoms with Gasteiger partial charge in [-0.25, -0.2) is 4.79 Å². The minimum absolute atomic E-state index is 0.0590. The van der Waals surface area contributed by atoms with Gasteiger partial charge in [-0.15, -0.1) is 0 Å². The Kier molecular flexibility index (Phi) is 5.77. The van der Waals surface area contributed by atoms with E-state index >= 15 is 0 Å². The van der Waals surface area contributed by atoms with Crippen molar-refractivity contribution in [3.63, 3.8) is 0 Å². The van der Waals surface area contributed by atoms with E-state index in [4.69, 9.17) is 4.65 Å². The number of rotatable bonds is 4. The fourth-order valence-corrected chi connectivity index (χ4v) is 6.11. The Balaban J connectivity index is 1.60. The van der Waals surface area contributed by atoms with Gasteiger partial charge in [0.15, 0.2) is 0 Å². The Hall–Kier alpha value is -0.645. The van der Waals surface area contributed by atoms with E-state index in [9.17, 15) is 9.59 Å². The molecular formula is C17H31BN3O3P. The number of nitrogens with one attached hydrogen (secondary N) is 2. The molecule has 0 radical (unpaired) electrons. The third-order valence-corrected chi connectivity index (χ3v) is 7.49. The molecule has 0 aliphatic carbocycles. The Morgan fingerprint density at radius 2 is 2.00 bits per heavy atom. The van der Waals surface area contributed by atoms with Crippen LogP contribution in [-0.4, -0.2) is 53.9 Å². The highest BCUT2D eigenvalue weighted by atomic mass is 31.1. The zero-order valence-electron chi connectivity index (χ0n) is 15.9. The van der Waals surface area contributed by atoms with Crippen molar-refractivity contribution in [2.24, 2.45) is 5.92 Å². The predicted octanol–water partition coefficient (Wildman–Crippen LogP) is 2.86. The highest BCUT2D eigenvalue weighted by molar-refractivity contribution is 7.73. The molecular weight excluding hydrogens is 336 g/mol. The number of nitrogens with zero attached hydrogens (tertiary/aromatic N) is 1. The molecule has 3 aliphatic rings. The molecule has 2 N–H and O–H groups in total. The molecule has 3 unspecified atom stereocenters. The van der Waals surface area contributed by atoms with Crippen molar-refractivity contribution in [3.05, 3.63) is 0 Å². The largest absolute Gasteiger partial charge is 0.532 e. The summed E-state index contributed by atoms with van der Waals surface area (Å²) in [6.45, 7) is 9.00. The fourth-order valence-electron chi connectivity index (χ4n) is 4.28. The van der Waals surface area contributed by atoms with Gasteiger partial charge in [0.25, 0.3) is 0 Å². The lowest BCUT2D eigenvalue weighted by Crippen LogP contribution is -2.53. The van der Waals surface area contributed by atoms with Crippen molar-refractivity contribution in [1.82, 2.24) is 15.3 Å². The molecule has 0 aromatic heterocycles. The second kappa shape index (κ2) is 7.54. The smallest absolute Gasteiger partial charge is 0.362 e. The van der Waals surface area contributed by atoms with E-state index in [1.54, 1.807) is 0 Å². The Bertz CT molecular complexity index is 525. The van der Waals surface area contributed by atoms with Crippen LogP contribution >= 0.6 is 8.07 Å². The van der Waals surface area contributed by atoms with E-state index < -0.39 is 8.07 Å². The molecule has 0 saturated carbocycles. The lowest BCUT2D eigenvalue weighted by atomic mass is 9.56. The number of hydrogen-bond acceptors (Lipinski definition) is 5. The lowest BCUT2D eigenvalue weighted by Gasteiger charge is -2.35. The predicted molar refractivity (Wildman–Crippen MR) is 102 cm³/mol. The molecule has 3 rings (SSSR count). The monoisotopic (exact) mass is 367 g/mol. The molecule has 3 saturated heterocycles. The van der Waals surface area contributed by atoms with Gasteiger partial charge in [0, 0.05) is 12.7 Å². The first-order valence-electron chi connectivity index (χ1n) is 9.62. The SMILES string of the molecule is CC(C)C1NC(C)(C)N(C2CNP(C(=O)OB3CCCCC3)C2)C1=O. The first kappa shape index (κ1) is 19.1. The number of hydrogen-bond donors (Lipinski definition) is 2. The van der Waals surface area contributed by atoms with Crippen molar-refractivity contribution in [2.75, 3.05) is 12.7 Å². The quantitative estimate of drug-likeness (QED) is 0.591. The van der Waals surface area contributed by atoms with Gasteiger partial charge in [-0.2, -0.15) is 0 Å². The molecule has 3 fully saturated rings. The molecule has 25 heavy (non-hydrogen) atoms. The summed E-state index contributed by atoms with van der Waals surface area (Å²) < 4.78 is 5.73. The van der Waals surface area contributed by atoms with Crippen molar-refractivity contribution in [1.29, 1.82) is 0 Å². The molecule has 0 bridgehead atoms. The van der Waals surface area contributed by atoms with Crippen molar-refractivity contribution >= 4 is 26.6 Å². The van der Waals surface area contributed by atoms with E-state index in [0.29, 0.717) is 12.7 Å². The van der Waals surface area contributed by atoms with Gasteiger partial charge in [-0.1, -0.05) is 33.1 Å². The van der Waals surface area contributed by atoms with Gasteiger partial charge in [-0.05, 0) is 32.4 Å². The van der Waals surface area contributed by atoms with Crippen molar-refractivity contribution in [2.45, 2.75) is 77.3 Å². The summed E-state index contributed by atoms with van der Waals surface area (Å²) >= 11 is 0. The summed E-state index contributed by atoms with van der Waals surface area (Å²) in [5, 5.41) is 6.80. The maximum absolute atomic E-state index is 12.9. The van der Waals surface area contributed by atoms with Crippen LogP contribution in [0.15, 0.2) is 0 Å². The van der Waals surface area contributed by atoms with Crippen LogP contribution in [0.1, 0.15) is 47.0 Å². The van der Waals surface area contributed by atoms with Crippen LogP contribution in [0.5, 0.6) is 0 Å². The third kappa shape index (κ3) is 4.04. The zero-order valence-corrected chi connectivity index (χ0v) is 16.8. The van der Waals surface area contributed by atoms with Crippen LogP contribution in [0.2, 0.25) is 12.6 Å². The summed E-state index contributed by atoms with van der Waals surface area (Å²) in [5.41, 5.74) is -0.459. The average Bonchev–Trinajstić information content (AvgIpc) is 3.10. The van der Waals surface area contributed by atoms with Crippen LogP contribution in [0.3, 0.4) is 0 Å². The summed E-state index contributed by atoms with van der Waals surface area (Å²) in [6.07, 6.45) is 6.25. The third-order valence-electron chi connectivity index (χ3n) is 5.60. The zero-order chi connectivity index (χ0) is 18.2. The fraction of sp³-hybridized carbons (Fsp3) is 0.882. The second-order valence-corrected chi connectivity index (χ2v) is 10.3. The number of carbonyl (C=O) groups is 2. The van der Waals surface area contributed by atoms with Gasteiger partial charge < -0.3 is 9.55 Å². The Morgan fingerprint density at radius 1 is 1.32 bits per heavy atom. The normalized spacial score (nSPS) is 32.5. The van der Waals surface area contributed by atoms with Crippen LogP contribution < -0.4 is 10.4 Å². The number of amides is 1. The van der Waals surface area contributed by atoms with Crippen LogP contribution in [-0.2, 0) is 9.45 Å². The second-order valence-electron chi connectivity index (χ2n) is 8.40. The summed E-state index contributed by atoms with van der Waals surface area (Å²) in [5.74, 6) is 0.410. The molecule has 3 heterocycles. The molecule has 8 heteroatoms. The van der Waals surface area contributed by atoms with E-state index in [1.165, 1.54) is 6.42 Å². The van der Waals surface area contributed by atoms with Crippen LogP contribution in [0.25, 0.3) is 0 Å². The molecule has 3 aliphatic heterocycles. The lowest BCUT2D eigenvalue weighted by molar-refractivity contribution is -0.134. The topological polar surface area (TPSA) is 70.7 Å². The van der Waals surface area contributed by atoms with E-state index in [1.807, 2.05) is 18.7 Å². The minimum atomic E-state index is -1.01. The highest BCUT2D eigenvalue weighted by Crippen LogP contribution is 2.42. The average molecular weight is 367 g/mol. The standard InChI is InChI=1S/C17H31BN3O3P/c1-12(2)14-15(22)21(17(3,4)20-14)13-10-19-25(11-13)16(23)24-18-8-6-5-7-9-18/h12-14,19-20H,5-11H2,1-4H3. The first-order valence-corrected chi connectivity index (χ1v) is 11.1. The summed E-state index contributed by atoms with van der Waals surface area (Å²) in [7, 11) is -1.01. The van der Waals surface area contributed by atoms with E-state index in [2.05, 4.69) is 24.3 Å². The van der Waals surface area contributed by atoms with Crippen molar-refractivity contribution < 1.29 is 14.2 Å². The van der Waals surface area contributed by atoms with Gasteiger partial charge >= 0.3 is 12.6 Å². The summed E-state index contributed by atoms with van der Waals surface area (Å²) in [4.78, 5) is 27.3. The minimum Gasteiger partial charge on any atom is -0.532 e. The van der Waals surface area contributed by atoms with Gasteiger partial charge in [0.05, 0.1) is 25.8 Å². The van der Waals surface area contributed by atoms with Crippen LogP contribution in [0.4, 0.5) is 4.79 Å². The first-order chi connectivity index (χ1) is 11.8. The highest BCUT2D eigenvalue weighted by Gasteiger charge is 2.50. The Morgan fingerprint density at radius 3 is 2.60 bits per heavy atom. The molecule has 140 valence electrons. The maximum Gasteiger partial charge on any atom is 0.362 e. The van der Waals surface area contributed by atoms with Gasteiger partial charge in [0.2, 0.25) is 5.91 Å². The Labute approximate surface area is 152 Å². The number of carbonyl (C=O) groups excluding carboxylic acids is 2. The van der Waals surface area contributed by atoms with Gasteiger partial charge in [-0.3, -0.25) is 15.2 Å². The molecule has 1 amide bonds. The van der Waals surface area contributed by atoms with Crippen LogP contribution in [0, 0.1) is 5.92 Å². The molecule has 0 aromatic rings. The van der Waals surface area contributed by atoms with Crippen molar-refractivity contribution in [3.8, 4) is 0 Å². The maximum atomic E-state index is 12.9. The molecule has 0 aromatic carbocycles.